The minimum atomic E-state index is -1.11. The third kappa shape index (κ3) is 5.31. The van der Waals surface area contributed by atoms with E-state index < -0.39 is 17.9 Å². The fourth-order valence-corrected chi connectivity index (χ4v) is 2.16. The lowest BCUT2D eigenvalue weighted by Gasteiger charge is -2.16. The predicted octanol–water partition coefficient (Wildman–Crippen LogP) is 0.861. The molecule has 1 rings (SSSR count). The second-order valence-corrected chi connectivity index (χ2v) is 4.95. The summed E-state index contributed by atoms with van der Waals surface area (Å²) in [4.78, 5) is 23.3. The third-order valence-electron chi connectivity index (χ3n) is 3.33. The number of amides is 1. The van der Waals surface area contributed by atoms with E-state index in [1.54, 1.807) is 12.1 Å². The summed E-state index contributed by atoms with van der Waals surface area (Å²) < 4.78 is 20.5. The van der Waals surface area contributed by atoms with Crippen molar-refractivity contribution in [1.29, 1.82) is 0 Å². The number of methoxy groups -OCH3 is 4. The lowest BCUT2D eigenvalue weighted by molar-refractivity contribution is -0.142. The van der Waals surface area contributed by atoms with Crippen molar-refractivity contribution in [3.05, 3.63) is 17.7 Å². The molecule has 0 aromatic heterocycles. The highest BCUT2D eigenvalue weighted by atomic mass is 16.5. The normalized spacial score (nSPS) is 11.5. The first kappa shape index (κ1) is 19.6. The number of carboxylic acids is 1. The van der Waals surface area contributed by atoms with E-state index in [9.17, 15) is 9.59 Å². The number of hydrogen-bond donors (Lipinski definition) is 2. The fraction of sp³-hybridized carbons (Fsp3) is 0.500. The number of benzene rings is 1. The van der Waals surface area contributed by atoms with Crippen LogP contribution in [0.25, 0.3) is 0 Å². The van der Waals surface area contributed by atoms with E-state index >= 15 is 0 Å². The number of nitrogens with one attached hydrogen (secondary N) is 1. The summed E-state index contributed by atoms with van der Waals surface area (Å²) in [6, 6.07) is 2.29. The average Bonchev–Trinajstić information content (AvgIpc) is 2.57. The molecule has 0 aliphatic carbocycles. The standard InChI is InChI=1S/C16H23NO7/c1-21-6-5-11(16(19)20)17-14(18)9-10-7-12(22-2)15(24-4)13(8-10)23-3/h7-8,11H,5-6,9H2,1-4H3,(H,17,18)(H,19,20). The molecule has 0 aliphatic heterocycles. The second kappa shape index (κ2) is 9.61. The molecule has 1 atom stereocenters. The Bertz CT molecular complexity index is 549. The summed E-state index contributed by atoms with van der Waals surface area (Å²) in [5, 5.41) is 11.6. The zero-order valence-corrected chi connectivity index (χ0v) is 14.3. The van der Waals surface area contributed by atoms with E-state index in [4.69, 9.17) is 24.1 Å². The summed E-state index contributed by atoms with van der Waals surface area (Å²) in [5.74, 6) is -0.256. The molecule has 1 aromatic rings. The van der Waals surface area contributed by atoms with Crippen molar-refractivity contribution >= 4 is 11.9 Å². The summed E-state index contributed by atoms with van der Waals surface area (Å²) in [6.45, 7) is 0.238. The first-order valence-corrected chi connectivity index (χ1v) is 7.26. The molecule has 0 fully saturated rings. The Labute approximate surface area is 140 Å². The monoisotopic (exact) mass is 341 g/mol. The smallest absolute Gasteiger partial charge is 0.326 e. The Morgan fingerprint density at radius 2 is 1.67 bits per heavy atom. The van der Waals surface area contributed by atoms with Crippen LogP contribution in [0.3, 0.4) is 0 Å². The van der Waals surface area contributed by atoms with Crippen molar-refractivity contribution in [1.82, 2.24) is 5.32 Å². The van der Waals surface area contributed by atoms with Gasteiger partial charge in [0.15, 0.2) is 11.5 Å². The molecule has 0 aliphatic rings. The van der Waals surface area contributed by atoms with Gasteiger partial charge in [0.1, 0.15) is 6.04 Å². The van der Waals surface area contributed by atoms with Gasteiger partial charge < -0.3 is 29.4 Å². The SMILES string of the molecule is COCCC(NC(=O)Cc1cc(OC)c(OC)c(OC)c1)C(=O)O. The molecule has 0 radical (unpaired) electrons. The molecule has 8 heteroatoms. The van der Waals surface area contributed by atoms with Crippen molar-refractivity contribution in [3.63, 3.8) is 0 Å². The van der Waals surface area contributed by atoms with E-state index in [1.807, 2.05) is 0 Å². The fourth-order valence-electron chi connectivity index (χ4n) is 2.16. The minimum absolute atomic E-state index is 0.0204. The van der Waals surface area contributed by atoms with Gasteiger partial charge in [-0.25, -0.2) is 4.79 Å². The van der Waals surface area contributed by atoms with Crippen molar-refractivity contribution in [2.45, 2.75) is 18.9 Å². The number of carbonyl (C=O) groups is 2. The van der Waals surface area contributed by atoms with E-state index in [1.165, 1.54) is 28.4 Å². The molecule has 1 amide bonds. The number of rotatable bonds is 10. The molecule has 134 valence electrons. The number of hydrogen-bond acceptors (Lipinski definition) is 6. The molecule has 1 aromatic carbocycles. The van der Waals surface area contributed by atoms with Crippen LogP contribution in [0, 0.1) is 0 Å². The molecule has 1 unspecified atom stereocenters. The van der Waals surface area contributed by atoms with Gasteiger partial charge in [-0.15, -0.1) is 0 Å². The van der Waals surface area contributed by atoms with E-state index in [2.05, 4.69) is 5.32 Å². The Hall–Kier alpha value is -2.48. The number of ether oxygens (including phenoxy) is 4. The topological polar surface area (TPSA) is 103 Å². The summed E-state index contributed by atoms with van der Waals surface area (Å²) in [5.41, 5.74) is 0.609. The lowest BCUT2D eigenvalue weighted by atomic mass is 10.1. The molecule has 2 N–H and O–H groups in total. The van der Waals surface area contributed by atoms with Crippen LogP contribution in [0.5, 0.6) is 17.2 Å². The van der Waals surface area contributed by atoms with Gasteiger partial charge in [-0.1, -0.05) is 0 Å². The van der Waals surface area contributed by atoms with Crippen LogP contribution in [-0.4, -0.2) is 58.1 Å². The maximum absolute atomic E-state index is 12.1. The molecule has 8 nitrogen and oxygen atoms in total. The maximum Gasteiger partial charge on any atom is 0.326 e. The van der Waals surface area contributed by atoms with Gasteiger partial charge in [0, 0.05) is 20.1 Å². The van der Waals surface area contributed by atoms with Gasteiger partial charge in [-0.2, -0.15) is 0 Å². The zero-order valence-electron chi connectivity index (χ0n) is 14.3. The van der Waals surface area contributed by atoms with Crippen molar-refractivity contribution in [3.8, 4) is 17.2 Å². The highest BCUT2D eigenvalue weighted by Gasteiger charge is 2.21. The summed E-state index contributed by atoms with van der Waals surface area (Å²) >= 11 is 0. The van der Waals surface area contributed by atoms with Gasteiger partial charge in [-0.3, -0.25) is 4.79 Å². The minimum Gasteiger partial charge on any atom is -0.493 e. The molecular weight excluding hydrogens is 318 g/mol. The molecule has 0 saturated carbocycles. The number of aliphatic carboxylic acids is 1. The van der Waals surface area contributed by atoms with Crippen LogP contribution in [0.1, 0.15) is 12.0 Å². The van der Waals surface area contributed by atoms with Crippen molar-refractivity contribution < 1.29 is 33.6 Å². The predicted molar refractivity (Wildman–Crippen MR) is 85.9 cm³/mol. The van der Waals surface area contributed by atoms with Crippen LogP contribution in [0.4, 0.5) is 0 Å². The van der Waals surface area contributed by atoms with Crippen LogP contribution in [0.2, 0.25) is 0 Å². The van der Waals surface area contributed by atoms with Crippen LogP contribution in [-0.2, 0) is 20.7 Å². The molecular formula is C16H23NO7. The van der Waals surface area contributed by atoms with Gasteiger partial charge in [0.05, 0.1) is 27.8 Å². The van der Waals surface area contributed by atoms with Gasteiger partial charge in [0.25, 0.3) is 0 Å². The van der Waals surface area contributed by atoms with E-state index in [-0.39, 0.29) is 19.4 Å². The number of carbonyl (C=O) groups excluding carboxylic acids is 1. The Kier molecular flexibility index (Phi) is 7.84. The quantitative estimate of drug-likeness (QED) is 0.650. The summed E-state index contributed by atoms with van der Waals surface area (Å²) in [6.07, 6.45) is 0.167. The average molecular weight is 341 g/mol. The van der Waals surface area contributed by atoms with E-state index in [0.717, 1.165) is 0 Å². The highest BCUT2D eigenvalue weighted by Crippen LogP contribution is 2.38. The molecule has 0 bridgehead atoms. The Balaban J connectivity index is 2.87. The van der Waals surface area contributed by atoms with Crippen molar-refractivity contribution in [2.75, 3.05) is 35.0 Å². The van der Waals surface area contributed by atoms with Gasteiger partial charge in [-0.05, 0) is 17.7 Å². The molecule has 24 heavy (non-hydrogen) atoms. The number of carboxylic acid groups (broad SMARTS) is 1. The third-order valence-corrected chi connectivity index (χ3v) is 3.33. The second-order valence-electron chi connectivity index (χ2n) is 4.95. The molecule has 0 saturated heterocycles. The zero-order chi connectivity index (χ0) is 18.1. The first-order chi connectivity index (χ1) is 11.5. The Morgan fingerprint density at radius 1 is 1.08 bits per heavy atom. The van der Waals surface area contributed by atoms with Crippen LogP contribution >= 0.6 is 0 Å². The lowest BCUT2D eigenvalue weighted by Crippen LogP contribution is -2.42. The maximum atomic E-state index is 12.1. The molecule has 0 spiro atoms. The Morgan fingerprint density at radius 3 is 2.08 bits per heavy atom. The van der Waals surface area contributed by atoms with Crippen LogP contribution in [0.15, 0.2) is 12.1 Å². The van der Waals surface area contributed by atoms with E-state index in [0.29, 0.717) is 22.8 Å². The van der Waals surface area contributed by atoms with Gasteiger partial charge in [0.2, 0.25) is 11.7 Å². The van der Waals surface area contributed by atoms with Crippen molar-refractivity contribution in [2.24, 2.45) is 0 Å². The largest absolute Gasteiger partial charge is 0.493 e. The van der Waals surface area contributed by atoms with Crippen LogP contribution < -0.4 is 19.5 Å². The highest BCUT2D eigenvalue weighted by molar-refractivity contribution is 5.85. The summed E-state index contributed by atoms with van der Waals surface area (Å²) in [7, 11) is 5.91. The first-order valence-electron chi connectivity index (χ1n) is 7.26. The molecule has 0 heterocycles. The van der Waals surface area contributed by atoms with Gasteiger partial charge >= 0.3 is 5.97 Å².